The Bertz CT molecular complexity index is 777. The fourth-order valence-electron chi connectivity index (χ4n) is 2.30. The number of furan rings is 1. The number of benzene rings is 1. The average Bonchev–Trinajstić information content (AvgIpc) is 3.01. The van der Waals surface area contributed by atoms with Gasteiger partial charge in [0.1, 0.15) is 5.84 Å². The van der Waals surface area contributed by atoms with Gasteiger partial charge in [0.25, 0.3) is 0 Å². The molecule has 0 unspecified atom stereocenters. The number of nitrogens with zero attached hydrogens (tertiary/aromatic N) is 1. The van der Waals surface area contributed by atoms with Crippen LogP contribution in [0.3, 0.4) is 0 Å². The summed E-state index contributed by atoms with van der Waals surface area (Å²) in [5.41, 5.74) is 2.06. The normalized spacial score (nSPS) is 15.2. The fraction of sp³-hybridized carbons (Fsp3) is 0.308. The van der Waals surface area contributed by atoms with Gasteiger partial charge < -0.3 is 9.73 Å². The predicted octanol–water partition coefficient (Wildman–Crippen LogP) is 1.35. The van der Waals surface area contributed by atoms with Crippen LogP contribution < -0.4 is 10.0 Å². The molecule has 2 aromatic rings. The van der Waals surface area contributed by atoms with E-state index < -0.39 is 10.0 Å². The number of nitrogens with one attached hydrogen (secondary N) is 2. The topological polar surface area (TPSA) is 83.7 Å². The molecule has 2 heterocycles. The van der Waals surface area contributed by atoms with Crippen molar-refractivity contribution in [2.75, 3.05) is 24.1 Å². The Morgan fingerprint density at radius 1 is 1.40 bits per heavy atom. The van der Waals surface area contributed by atoms with Crippen LogP contribution in [0.25, 0.3) is 11.0 Å². The number of anilines is 1. The number of amidine groups is 1. The zero-order valence-corrected chi connectivity index (χ0v) is 11.8. The van der Waals surface area contributed by atoms with E-state index in [1.54, 1.807) is 12.3 Å². The molecule has 106 valence electrons. The van der Waals surface area contributed by atoms with E-state index in [1.165, 1.54) is 0 Å². The first kappa shape index (κ1) is 13.0. The van der Waals surface area contributed by atoms with Gasteiger partial charge in [-0.2, -0.15) is 0 Å². The van der Waals surface area contributed by atoms with Gasteiger partial charge in [-0.3, -0.25) is 9.71 Å². The molecule has 20 heavy (non-hydrogen) atoms. The summed E-state index contributed by atoms with van der Waals surface area (Å²) >= 11 is 0. The SMILES string of the molecule is CS(=O)(=O)Nc1ccc(CC2=NCCN2)c2ccoc12. The van der Waals surface area contributed by atoms with Crippen LogP contribution in [0.1, 0.15) is 5.56 Å². The van der Waals surface area contributed by atoms with Crippen LogP contribution in [0.5, 0.6) is 0 Å². The summed E-state index contributed by atoms with van der Waals surface area (Å²) in [5.74, 6) is 0.955. The van der Waals surface area contributed by atoms with E-state index in [-0.39, 0.29) is 0 Å². The Hall–Kier alpha value is -2.02. The molecule has 1 aliphatic rings. The highest BCUT2D eigenvalue weighted by Gasteiger charge is 2.14. The summed E-state index contributed by atoms with van der Waals surface area (Å²) in [4.78, 5) is 4.37. The monoisotopic (exact) mass is 293 g/mol. The largest absolute Gasteiger partial charge is 0.462 e. The third kappa shape index (κ3) is 2.62. The zero-order chi connectivity index (χ0) is 14.2. The van der Waals surface area contributed by atoms with Gasteiger partial charge in [-0.05, 0) is 17.7 Å². The third-order valence-electron chi connectivity index (χ3n) is 3.10. The highest BCUT2D eigenvalue weighted by molar-refractivity contribution is 7.92. The van der Waals surface area contributed by atoms with Crippen LogP contribution in [0, 0.1) is 0 Å². The Labute approximate surface area is 116 Å². The molecule has 1 aromatic carbocycles. The van der Waals surface area contributed by atoms with E-state index in [0.29, 0.717) is 17.7 Å². The lowest BCUT2D eigenvalue weighted by molar-refractivity contribution is 0.604. The first-order chi connectivity index (χ1) is 9.53. The molecule has 6 nitrogen and oxygen atoms in total. The third-order valence-corrected chi connectivity index (χ3v) is 3.69. The Kier molecular flexibility index (Phi) is 3.13. The predicted molar refractivity (Wildman–Crippen MR) is 78.7 cm³/mol. The van der Waals surface area contributed by atoms with Gasteiger partial charge in [-0.25, -0.2) is 8.42 Å². The Balaban J connectivity index is 2.00. The van der Waals surface area contributed by atoms with Crippen LogP contribution in [0.4, 0.5) is 5.69 Å². The molecule has 1 aliphatic heterocycles. The maximum Gasteiger partial charge on any atom is 0.229 e. The second kappa shape index (κ2) is 4.82. The molecule has 1 aromatic heterocycles. The van der Waals surface area contributed by atoms with E-state index in [9.17, 15) is 8.42 Å². The van der Waals surface area contributed by atoms with Crippen molar-refractivity contribution in [3.8, 4) is 0 Å². The van der Waals surface area contributed by atoms with Crippen molar-refractivity contribution in [2.45, 2.75) is 6.42 Å². The van der Waals surface area contributed by atoms with E-state index in [2.05, 4.69) is 15.0 Å². The standard InChI is InChI=1S/C13H15N3O3S/c1-20(17,18)16-11-3-2-9(8-12-14-5-6-15-12)10-4-7-19-13(10)11/h2-4,7,16H,5-6,8H2,1H3,(H,14,15). The van der Waals surface area contributed by atoms with Crippen molar-refractivity contribution in [1.82, 2.24) is 5.32 Å². The summed E-state index contributed by atoms with van der Waals surface area (Å²) in [7, 11) is -3.33. The smallest absolute Gasteiger partial charge is 0.229 e. The van der Waals surface area contributed by atoms with Gasteiger partial charge in [0, 0.05) is 18.4 Å². The van der Waals surface area contributed by atoms with Crippen molar-refractivity contribution in [2.24, 2.45) is 4.99 Å². The van der Waals surface area contributed by atoms with Gasteiger partial charge in [0.15, 0.2) is 5.58 Å². The highest BCUT2D eigenvalue weighted by atomic mass is 32.2. The number of hydrogen-bond donors (Lipinski definition) is 2. The number of fused-ring (bicyclic) bond motifs is 1. The summed E-state index contributed by atoms with van der Waals surface area (Å²) in [5, 5.41) is 4.12. The lowest BCUT2D eigenvalue weighted by atomic mass is 10.1. The maximum absolute atomic E-state index is 11.3. The summed E-state index contributed by atoms with van der Waals surface area (Å²) in [6.45, 7) is 1.68. The molecule has 7 heteroatoms. The van der Waals surface area contributed by atoms with Gasteiger partial charge in [0.2, 0.25) is 10.0 Å². The van der Waals surface area contributed by atoms with E-state index in [1.807, 2.05) is 12.1 Å². The number of sulfonamides is 1. The van der Waals surface area contributed by atoms with Crippen molar-refractivity contribution >= 4 is 32.5 Å². The summed E-state index contributed by atoms with van der Waals surface area (Å²) in [6.07, 6.45) is 3.37. The average molecular weight is 293 g/mol. The molecular formula is C13H15N3O3S. The first-order valence-electron chi connectivity index (χ1n) is 6.27. The van der Waals surface area contributed by atoms with Crippen LogP contribution in [0.2, 0.25) is 0 Å². The number of aliphatic imine (C=N–C) groups is 1. The molecule has 0 atom stereocenters. The second-order valence-electron chi connectivity index (χ2n) is 4.74. The summed E-state index contributed by atoms with van der Waals surface area (Å²) < 4.78 is 30.6. The molecule has 0 saturated heterocycles. The van der Waals surface area contributed by atoms with E-state index >= 15 is 0 Å². The lowest BCUT2D eigenvalue weighted by Gasteiger charge is -2.08. The summed E-state index contributed by atoms with van der Waals surface area (Å²) in [6, 6.07) is 5.46. The second-order valence-corrected chi connectivity index (χ2v) is 6.49. The Morgan fingerprint density at radius 2 is 2.25 bits per heavy atom. The minimum Gasteiger partial charge on any atom is -0.462 e. The zero-order valence-electron chi connectivity index (χ0n) is 11.0. The van der Waals surface area contributed by atoms with Crippen LogP contribution >= 0.6 is 0 Å². The number of rotatable bonds is 4. The molecule has 0 fully saturated rings. The van der Waals surface area contributed by atoms with Crippen molar-refractivity contribution < 1.29 is 12.8 Å². The van der Waals surface area contributed by atoms with Crippen molar-refractivity contribution in [1.29, 1.82) is 0 Å². The highest BCUT2D eigenvalue weighted by Crippen LogP contribution is 2.29. The van der Waals surface area contributed by atoms with Crippen molar-refractivity contribution in [3.05, 3.63) is 30.0 Å². The molecule has 0 radical (unpaired) electrons. The minimum atomic E-state index is -3.33. The van der Waals surface area contributed by atoms with Crippen LogP contribution in [-0.2, 0) is 16.4 Å². The van der Waals surface area contributed by atoms with Gasteiger partial charge >= 0.3 is 0 Å². The molecular weight excluding hydrogens is 278 g/mol. The van der Waals surface area contributed by atoms with Gasteiger partial charge in [0.05, 0.1) is 24.8 Å². The van der Waals surface area contributed by atoms with Crippen LogP contribution in [-0.4, -0.2) is 33.6 Å². The minimum absolute atomic E-state index is 0.456. The van der Waals surface area contributed by atoms with Gasteiger partial charge in [-0.15, -0.1) is 0 Å². The lowest BCUT2D eigenvalue weighted by Crippen LogP contribution is -2.20. The molecule has 0 saturated carbocycles. The van der Waals surface area contributed by atoms with Crippen molar-refractivity contribution in [3.63, 3.8) is 0 Å². The molecule has 0 aliphatic carbocycles. The van der Waals surface area contributed by atoms with Gasteiger partial charge in [-0.1, -0.05) is 6.07 Å². The molecule has 0 amide bonds. The molecule has 0 bridgehead atoms. The Morgan fingerprint density at radius 3 is 2.95 bits per heavy atom. The molecule has 2 N–H and O–H groups in total. The van der Waals surface area contributed by atoms with E-state index in [0.717, 1.165) is 36.1 Å². The maximum atomic E-state index is 11.3. The molecule has 3 rings (SSSR count). The number of hydrogen-bond acceptors (Lipinski definition) is 5. The fourth-order valence-corrected chi connectivity index (χ4v) is 2.86. The molecule has 0 spiro atoms. The van der Waals surface area contributed by atoms with Crippen LogP contribution in [0.15, 0.2) is 33.9 Å². The quantitative estimate of drug-likeness (QED) is 0.891. The first-order valence-corrected chi connectivity index (χ1v) is 8.16. The van der Waals surface area contributed by atoms with E-state index in [4.69, 9.17) is 4.42 Å².